The molecule has 186 valence electrons. The second-order valence-electron chi connectivity index (χ2n) is 10.2. The van der Waals surface area contributed by atoms with E-state index in [9.17, 15) is 9.18 Å². The minimum absolute atomic E-state index is 0.179. The lowest BCUT2D eigenvalue weighted by Gasteiger charge is -2.56. The van der Waals surface area contributed by atoms with Gasteiger partial charge in [-0.2, -0.15) is 0 Å². The smallest absolute Gasteiger partial charge is 0.253 e. The predicted octanol–water partition coefficient (Wildman–Crippen LogP) is 5.64. The van der Waals surface area contributed by atoms with Gasteiger partial charge in [-0.3, -0.25) is 9.78 Å². The summed E-state index contributed by atoms with van der Waals surface area (Å²) in [5.41, 5.74) is 6.70. The minimum atomic E-state index is -0.226. The second-order valence-corrected chi connectivity index (χ2v) is 10.2. The molecule has 1 N–H and O–H groups in total. The molecule has 5 nitrogen and oxygen atoms in total. The number of carbonyl (C=O) groups excluding carboxylic acids is 1. The molecule has 2 heterocycles. The van der Waals surface area contributed by atoms with Crippen LogP contribution in [0.3, 0.4) is 0 Å². The number of aromatic nitrogens is 1. The predicted molar refractivity (Wildman–Crippen MR) is 139 cm³/mol. The van der Waals surface area contributed by atoms with E-state index in [1.807, 2.05) is 26.0 Å². The van der Waals surface area contributed by atoms with E-state index < -0.39 is 0 Å². The Hall–Kier alpha value is -3.51. The summed E-state index contributed by atoms with van der Waals surface area (Å²) in [4.78, 5) is 19.2. The van der Waals surface area contributed by atoms with Crippen LogP contribution in [0.2, 0.25) is 0 Å². The zero-order valence-electron chi connectivity index (χ0n) is 21.1. The van der Waals surface area contributed by atoms with Crippen molar-refractivity contribution in [2.75, 3.05) is 26.7 Å². The molecule has 6 heteroatoms. The summed E-state index contributed by atoms with van der Waals surface area (Å²) in [5, 5.41) is 3.05. The Bertz CT molecular complexity index is 1270. The second kappa shape index (κ2) is 9.86. The van der Waals surface area contributed by atoms with Crippen LogP contribution in [0.4, 0.5) is 4.39 Å². The van der Waals surface area contributed by atoms with E-state index >= 15 is 0 Å². The van der Waals surface area contributed by atoms with Crippen molar-refractivity contribution in [2.24, 2.45) is 5.41 Å². The molecule has 3 aromatic rings. The fraction of sp³-hybridized carbons (Fsp3) is 0.333. The topological polar surface area (TPSA) is 54.5 Å². The van der Waals surface area contributed by atoms with Gasteiger partial charge in [0.25, 0.3) is 5.91 Å². The Kier molecular flexibility index (Phi) is 6.63. The van der Waals surface area contributed by atoms with E-state index in [1.54, 1.807) is 18.5 Å². The monoisotopic (exact) mass is 485 g/mol. The van der Waals surface area contributed by atoms with Gasteiger partial charge in [0.2, 0.25) is 0 Å². The highest BCUT2D eigenvalue weighted by Gasteiger charge is 2.49. The molecule has 1 aliphatic heterocycles. The molecular weight excluding hydrogens is 453 g/mol. The molecule has 2 fully saturated rings. The Labute approximate surface area is 212 Å². The minimum Gasteiger partial charge on any atom is -0.492 e. The van der Waals surface area contributed by atoms with Gasteiger partial charge in [0.05, 0.1) is 24.4 Å². The highest BCUT2D eigenvalue weighted by atomic mass is 19.1. The molecule has 1 aromatic heterocycles. The number of ether oxygens (including phenoxy) is 1. The molecule has 5 rings (SSSR count). The number of halogens is 1. The molecule has 1 aliphatic carbocycles. The van der Waals surface area contributed by atoms with Crippen molar-refractivity contribution in [3.63, 3.8) is 0 Å². The number of nitrogens with one attached hydrogen (secondary N) is 1. The molecule has 0 bridgehead atoms. The molecule has 1 atom stereocenters. The first-order valence-electron chi connectivity index (χ1n) is 12.5. The summed E-state index contributed by atoms with van der Waals surface area (Å²) in [5.74, 6) is 0.158. The largest absolute Gasteiger partial charge is 0.492 e. The summed E-state index contributed by atoms with van der Waals surface area (Å²) in [7, 11) is 2.17. The standard InChI is InChI=1S/C30H32FN3O2/c1-4-36-27-13-24(16-32-17-27)29(35)33-20(2)21-5-7-22(8-6-21)28(23-9-11-26(31)12-10-23)25-14-30(15-25)18-34(3)19-30/h5-13,16-17,20H,4,14-15,18-19H2,1-3H3,(H,33,35)/t20-/m1/s1. The fourth-order valence-corrected chi connectivity index (χ4v) is 5.63. The van der Waals surface area contributed by atoms with Crippen LogP contribution in [0.1, 0.15) is 59.8 Å². The molecule has 1 saturated heterocycles. The van der Waals surface area contributed by atoms with Gasteiger partial charge in [-0.25, -0.2) is 4.39 Å². The first-order valence-corrected chi connectivity index (χ1v) is 12.5. The molecule has 2 aromatic carbocycles. The number of benzene rings is 2. The zero-order chi connectivity index (χ0) is 25.3. The summed E-state index contributed by atoms with van der Waals surface area (Å²) >= 11 is 0. The maximum absolute atomic E-state index is 13.6. The van der Waals surface area contributed by atoms with E-state index in [0.717, 1.165) is 42.6 Å². The Morgan fingerprint density at radius 1 is 1.06 bits per heavy atom. The number of hydrogen-bond acceptors (Lipinski definition) is 4. The van der Waals surface area contributed by atoms with Crippen LogP contribution >= 0.6 is 0 Å². The highest BCUT2D eigenvalue weighted by Crippen LogP contribution is 2.54. The number of hydrogen-bond donors (Lipinski definition) is 1. The number of rotatable bonds is 7. The van der Waals surface area contributed by atoms with E-state index in [1.165, 1.54) is 23.3 Å². The highest BCUT2D eigenvalue weighted by molar-refractivity contribution is 5.94. The van der Waals surface area contributed by atoms with Gasteiger partial charge in [0.1, 0.15) is 11.6 Å². The third kappa shape index (κ3) is 4.91. The molecule has 2 aliphatic rings. The van der Waals surface area contributed by atoms with Gasteiger partial charge in [-0.15, -0.1) is 0 Å². The first kappa shape index (κ1) is 24.2. The molecule has 0 unspecified atom stereocenters. The summed E-state index contributed by atoms with van der Waals surface area (Å²) in [6.07, 6.45) is 5.32. The molecule has 1 saturated carbocycles. The van der Waals surface area contributed by atoms with E-state index in [-0.39, 0.29) is 17.8 Å². The van der Waals surface area contributed by atoms with Crippen LogP contribution in [0, 0.1) is 11.2 Å². The van der Waals surface area contributed by atoms with Gasteiger partial charge in [-0.05, 0) is 74.2 Å². The van der Waals surface area contributed by atoms with E-state index in [2.05, 4.69) is 46.5 Å². The molecular formula is C30H32FN3O2. The van der Waals surface area contributed by atoms with Gasteiger partial charge in [0, 0.05) is 24.7 Å². The number of allylic oxidation sites excluding steroid dienone is 1. The number of amides is 1. The van der Waals surface area contributed by atoms with E-state index in [4.69, 9.17) is 4.74 Å². The fourth-order valence-electron chi connectivity index (χ4n) is 5.63. The van der Waals surface area contributed by atoms with Gasteiger partial charge < -0.3 is 15.0 Å². The van der Waals surface area contributed by atoms with Crippen LogP contribution in [0.25, 0.3) is 5.57 Å². The summed E-state index contributed by atoms with van der Waals surface area (Å²) in [6, 6.07) is 16.7. The molecule has 1 spiro atoms. The maximum atomic E-state index is 13.6. The van der Waals surface area contributed by atoms with E-state index in [0.29, 0.717) is 23.3 Å². The summed E-state index contributed by atoms with van der Waals surface area (Å²) in [6.45, 7) is 6.67. The average Bonchev–Trinajstić information content (AvgIpc) is 2.83. The van der Waals surface area contributed by atoms with Crippen molar-refractivity contribution in [1.29, 1.82) is 0 Å². The van der Waals surface area contributed by atoms with Gasteiger partial charge >= 0.3 is 0 Å². The number of carbonyl (C=O) groups is 1. The van der Waals surface area contributed by atoms with Crippen LogP contribution in [0.5, 0.6) is 5.75 Å². The van der Waals surface area contributed by atoms with Crippen molar-refractivity contribution < 1.29 is 13.9 Å². The van der Waals surface area contributed by atoms with Crippen LogP contribution in [0.15, 0.2) is 72.6 Å². The normalized spacial score (nSPS) is 17.2. The van der Waals surface area contributed by atoms with Gasteiger partial charge in [0.15, 0.2) is 0 Å². The average molecular weight is 486 g/mol. The Morgan fingerprint density at radius 2 is 1.69 bits per heavy atom. The third-order valence-corrected chi connectivity index (χ3v) is 7.21. The molecule has 1 amide bonds. The maximum Gasteiger partial charge on any atom is 0.253 e. The number of pyridine rings is 1. The molecule has 0 radical (unpaired) electrons. The number of nitrogens with zero attached hydrogens (tertiary/aromatic N) is 2. The van der Waals surface area contributed by atoms with Crippen molar-refractivity contribution in [2.45, 2.75) is 32.7 Å². The SMILES string of the molecule is CCOc1cncc(C(=O)N[C@H](C)c2ccc(C(=C3CC4(C3)CN(C)C4)c3ccc(F)cc3)cc2)c1. The Balaban J connectivity index is 1.34. The lowest BCUT2D eigenvalue weighted by molar-refractivity contribution is -0.0106. The van der Waals surface area contributed by atoms with Crippen LogP contribution in [-0.2, 0) is 0 Å². The van der Waals surface area contributed by atoms with Crippen molar-refractivity contribution in [3.8, 4) is 5.75 Å². The lowest BCUT2D eigenvalue weighted by atomic mass is 9.59. The number of likely N-dealkylation sites (tertiary alicyclic amines) is 1. The van der Waals surface area contributed by atoms with Crippen LogP contribution < -0.4 is 10.1 Å². The van der Waals surface area contributed by atoms with Crippen molar-refractivity contribution in [1.82, 2.24) is 15.2 Å². The first-order chi connectivity index (χ1) is 17.4. The Morgan fingerprint density at radius 3 is 2.31 bits per heavy atom. The quantitative estimate of drug-likeness (QED) is 0.471. The summed E-state index contributed by atoms with van der Waals surface area (Å²) < 4.78 is 19.1. The van der Waals surface area contributed by atoms with Crippen molar-refractivity contribution >= 4 is 11.5 Å². The third-order valence-electron chi connectivity index (χ3n) is 7.21. The van der Waals surface area contributed by atoms with Gasteiger partial charge in [-0.1, -0.05) is 42.0 Å². The van der Waals surface area contributed by atoms with Crippen molar-refractivity contribution in [3.05, 3.63) is 101 Å². The molecule has 36 heavy (non-hydrogen) atoms. The lowest BCUT2D eigenvalue weighted by Crippen LogP contribution is -2.58. The zero-order valence-corrected chi connectivity index (χ0v) is 21.1. The van der Waals surface area contributed by atoms with Crippen LogP contribution in [-0.4, -0.2) is 42.5 Å².